The zero-order valence-electron chi connectivity index (χ0n) is 10.5. The molecule has 0 spiro atoms. The predicted molar refractivity (Wildman–Crippen MR) is 70.2 cm³/mol. The van der Waals surface area contributed by atoms with Crippen LogP contribution in [0.4, 0.5) is 0 Å². The van der Waals surface area contributed by atoms with E-state index in [-0.39, 0.29) is 5.78 Å². The molecule has 4 heteroatoms. The third kappa shape index (κ3) is 2.53. The maximum Gasteiger partial charge on any atom is 0.189 e. The lowest BCUT2D eigenvalue weighted by atomic mass is 10.1. The van der Waals surface area contributed by atoms with Crippen molar-refractivity contribution in [1.29, 1.82) is 0 Å². The Balaban J connectivity index is 2.17. The Morgan fingerprint density at radius 2 is 2.28 bits per heavy atom. The molecule has 2 rings (SSSR count). The number of hydrogen-bond acceptors (Lipinski definition) is 3. The van der Waals surface area contributed by atoms with Crippen LogP contribution in [0.15, 0.2) is 36.8 Å². The first-order chi connectivity index (χ1) is 8.72. The lowest BCUT2D eigenvalue weighted by Gasteiger charge is -1.99. The van der Waals surface area contributed by atoms with Crippen LogP contribution in [0.1, 0.15) is 28.5 Å². The van der Waals surface area contributed by atoms with Gasteiger partial charge in [-0.25, -0.2) is 0 Å². The number of aryl methyl sites for hydroxylation is 1. The molecule has 2 heterocycles. The fraction of sp³-hybridized carbons (Fsp3) is 0.214. The van der Waals surface area contributed by atoms with Crippen LogP contribution >= 0.6 is 0 Å². The van der Waals surface area contributed by atoms with Crippen molar-refractivity contribution in [3.05, 3.63) is 53.6 Å². The molecule has 0 radical (unpaired) electrons. The number of aromatic nitrogens is 3. The molecule has 18 heavy (non-hydrogen) atoms. The SMILES string of the molecule is CCn1ncc(C(=O)/C=C/c2cccnc2)c1C. The monoisotopic (exact) mass is 241 g/mol. The van der Waals surface area contributed by atoms with Crippen molar-refractivity contribution in [2.45, 2.75) is 20.4 Å². The molecule has 2 aromatic rings. The van der Waals surface area contributed by atoms with Gasteiger partial charge in [0.05, 0.1) is 11.8 Å². The van der Waals surface area contributed by atoms with Crippen LogP contribution in [-0.4, -0.2) is 20.5 Å². The van der Waals surface area contributed by atoms with Gasteiger partial charge < -0.3 is 0 Å². The Morgan fingerprint density at radius 1 is 1.44 bits per heavy atom. The molecule has 0 aliphatic rings. The van der Waals surface area contributed by atoms with Crippen molar-refractivity contribution in [3.8, 4) is 0 Å². The van der Waals surface area contributed by atoms with Crippen LogP contribution in [0.2, 0.25) is 0 Å². The topological polar surface area (TPSA) is 47.8 Å². The zero-order chi connectivity index (χ0) is 13.0. The summed E-state index contributed by atoms with van der Waals surface area (Å²) in [6.07, 6.45) is 8.36. The van der Waals surface area contributed by atoms with Crippen molar-refractivity contribution in [2.24, 2.45) is 0 Å². The van der Waals surface area contributed by atoms with Crippen molar-refractivity contribution in [2.75, 3.05) is 0 Å². The van der Waals surface area contributed by atoms with Gasteiger partial charge in [-0.1, -0.05) is 6.07 Å². The van der Waals surface area contributed by atoms with E-state index in [1.165, 1.54) is 0 Å². The minimum absolute atomic E-state index is 0.0314. The second-order valence-electron chi connectivity index (χ2n) is 3.94. The first kappa shape index (κ1) is 12.2. The van der Waals surface area contributed by atoms with Crippen LogP contribution in [0.25, 0.3) is 6.08 Å². The van der Waals surface area contributed by atoms with E-state index in [9.17, 15) is 4.79 Å². The van der Waals surface area contributed by atoms with Crippen molar-refractivity contribution in [3.63, 3.8) is 0 Å². The van der Waals surface area contributed by atoms with Crippen LogP contribution < -0.4 is 0 Å². The summed E-state index contributed by atoms with van der Waals surface area (Å²) < 4.78 is 1.81. The van der Waals surface area contributed by atoms with Gasteiger partial charge >= 0.3 is 0 Å². The second kappa shape index (κ2) is 5.40. The summed E-state index contributed by atoms with van der Waals surface area (Å²) >= 11 is 0. The summed E-state index contributed by atoms with van der Waals surface area (Å²) in [5.74, 6) is -0.0314. The van der Waals surface area contributed by atoms with Crippen LogP contribution in [0.5, 0.6) is 0 Å². The molecule has 0 bridgehead atoms. The third-order valence-corrected chi connectivity index (χ3v) is 2.78. The van der Waals surface area contributed by atoms with Gasteiger partial charge in [0, 0.05) is 24.6 Å². The van der Waals surface area contributed by atoms with Crippen molar-refractivity contribution < 1.29 is 4.79 Å². The predicted octanol–water partition coefficient (Wildman–Crippen LogP) is 2.50. The summed E-state index contributed by atoms with van der Waals surface area (Å²) in [7, 11) is 0. The normalized spacial score (nSPS) is 11.0. The number of ketones is 1. The molecule has 4 nitrogen and oxygen atoms in total. The highest BCUT2D eigenvalue weighted by molar-refractivity contribution is 6.07. The highest BCUT2D eigenvalue weighted by Gasteiger charge is 2.10. The molecule has 0 atom stereocenters. The van der Waals surface area contributed by atoms with E-state index in [1.807, 2.05) is 30.7 Å². The summed E-state index contributed by atoms with van der Waals surface area (Å²) in [4.78, 5) is 16.0. The molecule has 0 fully saturated rings. The number of carbonyl (C=O) groups is 1. The summed E-state index contributed by atoms with van der Waals surface area (Å²) in [5, 5.41) is 4.16. The van der Waals surface area contributed by atoms with Gasteiger partial charge in [-0.3, -0.25) is 14.5 Å². The highest BCUT2D eigenvalue weighted by atomic mass is 16.1. The smallest absolute Gasteiger partial charge is 0.189 e. The number of allylic oxidation sites excluding steroid dienone is 1. The third-order valence-electron chi connectivity index (χ3n) is 2.78. The number of carbonyl (C=O) groups excluding carboxylic acids is 1. The molecule has 0 aliphatic carbocycles. The second-order valence-corrected chi connectivity index (χ2v) is 3.94. The van der Waals surface area contributed by atoms with E-state index in [2.05, 4.69) is 10.1 Å². The van der Waals surface area contributed by atoms with Crippen LogP contribution in [-0.2, 0) is 6.54 Å². The molecule has 0 unspecified atom stereocenters. The van der Waals surface area contributed by atoms with Crippen LogP contribution in [0, 0.1) is 6.92 Å². The molecule has 2 aromatic heterocycles. The Kier molecular flexibility index (Phi) is 3.67. The Bertz CT molecular complexity index is 570. The van der Waals surface area contributed by atoms with E-state index in [4.69, 9.17) is 0 Å². The molecule has 0 aromatic carbocycles. The maximum atomic E-state index is 12.0. The number of rotatable bonds is 4. The average Bonchev–Trinajstić information content (AvgIpc) is 2.78. The maximum absolute atomic E-state index is 12.0. The molecular weight excluding hydrogens is 226 g/mol. The standard InChI is InChI=1S/C14H15N3O/c1-3-17-11(2)13(10-16-17)14(18)7-6-12-5-4-8-15-9-12/h4-10H,3H2,1-2H3/b7-6+. The number of nitrogens with zero attached hydrogens (tertiary/aromatic N) is 3. The molecule has 0 saturated heterocycles. The van der Waals surface area contributed by atoms with Gasteiger partial charge in [0.25, 0.3) is 0 Å². The molecule has 0 aliphatic heterocycles. The lowest BCUT2D eigenvalue weighted by molar-refractivity contribution is 0.104. The van der Waals surface area contributed by atoms with Gasteiger partial charge in [0.2, 0.25) is 0 Å². The van der Waals surface area contributed by atoms with E-state index in [1.54, 1.807) is 30.7 Å². The van der Waals surface area contributed by atoms with E-state index >= 15 is 0 Å². The number of pyridine rings is 1. The molecule has 0 saturated carbocycles. The summed E-state index contributed by atoms with van der Waals surface area (Å²) in [6.45, 7) is 4.67. The van der Waals surface area contributed by atoms with E-state index in [0.717, 1.165) is 17.8 Å². The Hall–Kier alpha value is -2.23. The fourth-order valence-electron chi connectivity index (χ4n) is 1.74. The molecular formula is C14H15N3O. The molecule has 0 N–H and O–H groups in total. The Labute approximate surface area is 106 Å². The van der Waals surface area contributed by atoms with E-state index in [0.29, 0.717) is 5.56 Å². The summed E-state index contributed by atoms with van der Waals surface area (Å²) in [5.41, 5.74) is 2.46. The quantitative estimate of drug-likeness (QED) is 0.610. The zero-order valence-corrected chi connectivity index (χ0v) is 10.5. The minimum atomic E-state index is -0.0314. The highest BCUT2D eigenvalue weighted by Crippen LogP contribution is 2.10. The first-order valence-electron chi connectivity index (χ1n) is 5.87. The fourth-order valence-corrected chi connectivity index (χ4v) is 1.74. The average molecular weight is 241 g/mol. The summed E-state index contributed by atoms with van der Waals surface area (Å²) in [6, 6.07) is 3.74. The minimum Gasteiger partial charge on any atom is -0.289 e. The molecule has 0 amide bonds. The van der Waals surface area contributed by atoms with Gasteiger partial charge in [0.15, 0.2) is 5.78 Å². The number of hydrogen-bond donors (Lipinski definition) is 0. The van der Waals surface area contributed by atoms with Crippen molar-refractivity contribution in [1.82, 2.24) is 14.8 Å². The van der Waals surface area contributed by atoms with Gasteiger partial charge in [-0.2, -0.15) is 5.10 Å². The first-order valence-corrected chi connectivity index (χ1v) is 5.87. The van der Waals surface area contributed by atoms with Gasteiger partial charge in [0.1, 0.15) is 0 Å². The van der Waals surface area contributed by atoms with Crippen LogP contribution in [0.3, 0.4) is 0 Å². The molecule has 92 valence electrons. The van der Waals surface area contributed by atoms with Crippen molar-refractivity contribution >= 4 is 11.9 Å². The van der Waals surface area contributed by atoms with Gasteiger partial charge in [-0.05, 0) is 37.6 Å². The largest absolute Gasteiger partial charge is 0.289 e. The van der Waals surface area contributed by atoms with E-state index < -0.39 is 0 Å². The Morgan fingerprint density at radius 3 is 2.89 bits per heavy atom. The lowest BCUT2D eigenvalue weighted by Crippen LogP contribution is -2.01. The van der Waals surface area contributed by atoms with Gasteiger partial charge in [-0.15, -0.1) is 0 Å².